The van der Waals surface area contributed by atoms with E-state index < -0.39 is 17.5 Å². The van der Waals surface area contributed by atoms with Gasteiger partial charge in [0.05, 0.1) is 5.69 Å². The zero-order valence-electron chi connectivity index (χ0n) is 20.8. The Bertz CT molecular complexity index is 1580. The normalized spacial score (nSPS) is 25.0. The van der Waals surface area contributed by atoms with Crippen molar-refractivity contribution in [1.82, 2.24) is 0 Å². The summed E-state index contributed by atoms with van der Waals surface area (Å²) in [5.41, 5.74) is 2.70. The molecule has 0 N–H and O–H groups in total. The van der Waals surface area contributed by atoms with E-state index in [-0.39, 0.29) is 16.3 Å². The van der Waals surface area contributed by atoms with E-state index in [2.05, 4.69) is 29.2 Å². The van der Waals surface area contributed by atoms with Crippen molar-refractivity contribution in [2.24, 2.45) is 4.99 Å². The first kappa shape index (κ1) is 24.8. The van der Waals surface area contributed by atoms with E-state index in [4.69, 9.17) is 4.99 Å². The highest BCUT2D eigenvalue weighted by Gasteiger charge is 2.70. The molecule has 3 heterocycles. The van der Waals surface area contributed by atoms with E-state index in [0.717, 1.165) is 26.3 Å². The van der Waals surface area contributed by atoms with Crippen LogP contribution in [0.2, 0.25) is 0 Å². The van der Waals surface area contributed by atoms with Crippen molar-refractivity contribution in [1.29, 1.82) is 0 Å². The second-order valence-electron chi connectivity index (χ2n) is 9.78. The second kappa shape index (κ2) is 10.0. The van der Waals surface area contributed by atoms with E-state index in [1.807, 2.05) is 91.0 Å². The largest absolute Gasteiger partial charge is 0.344 e. The molecule has 1 spiro atoms. The third-order valence-corrected chi connectivity index (χ3v) is 11.2. The predicted octanol–water partition coefficient (Wildman–Crippen LogP) is 7.28. The van der Waals surface area contributed by atoms with Gasteiger partial charge in [-0.05, 0) is 35.0 Å². The topological polar surface area (TPSA) is 49.7 Å². The molecule has 4 aromatic rings. The maximum Gasteiger partial charge on any atom is 0.227 e. The van der Waals surface area contributed by atoms with Crippen molar-refractivity contribution in [3.63, 3.8) is 0 Å². The highest BCUT2D eigenvalue weighted by molar-refractivity contribution is 8.45. The Balaban J connectivity index is 1.39. The van der Waals surface area contributed by atoms with Gasteiger partial charge in [0.2, 0.25) is 5.12 Å². The van der Waals surface area contributed by atoms with E-state index in [9.17, 15) is 9.59 Å². The average molecular weight is 565 g/mol. The van der Waals surface area contributed by atoms with Gasteiger partial charge in [-0.25, -0.2) is 0 Å². The van der Waals surface area contributed by atoms with Crippen molar-refractivity contribution in [3.05, 3.63) is 132 Å². The van der Waals surface area contributed by atoms with Gasteiger partial charge in [-0.15, -0.1) is 0 Å². The number of nitrogens with zero attached hydrogens (tertiary/aromatic N) is 2. The molecule has 4 atom stereocenters. The minimum atomic E-state index is -1.09. The first-order valence-electron chi connectivity index (χ1n) is 12.8. The third-order valence-electron chi connectivity index (χ3n) is 7.57. The van der Waals surface area contributed by atoms with Crippen LogP contribution in [0.4, 0.5) is 5.69 Å². The number of anilines is 1. The number of Topliss-reactive ketones (excluding diaryl/α,β-unsaturated/α-hetero) is 1. The summed E-state index contributed by atoms with van der Waals surface area (Å²) in [7, 11) is 0. The lowest BCUT2D eigenvalue weighted by Crippen LogP contribution is -2.45. The number of carbonyl (C=O) groups is 2. The Morgan fingerprint density at radius 1 is 0.846 bits per heavy atom. The molecule has 0 aliphatic carbocycles. The smallest absolute Gasteiger partial charge is 0.227 e. The van der Waals surface area contributed by atoms with Gasteiger partial charge in [-0.2, -0.15) is 0 Å². The number of hydrogen-bond donors (Lipinski definition) is 0. The highest BCUT2D eigenvalue weighted by atomic mass is 32.2. The van der Waals surface area contributed by atoms with Crippen LogP contribution in [0.5, 0.6) is 0 Å². The van der Waals surface area contributed by atoms with E-state index >= 15 is 0 Å². The van der Waals surface area contributed by atoms with Crippen LogP contribution in [0.3, 0.4) is 0 Å². The van der Waals surface area contributed by atoms with Gasteiger partial charge in [0, 0.05) is 22.1 Å². The first-order chi connectivity index (χ1) is 19.2. The highest BCUT2D eigenvalue weighted by Crippen LogP contribution is 2.63. The van der Waals surface area contributed by atoms with Gasteiger partial charge in [0.25, 0.3) is 0 Å². The molecule has 3 aliphatic heterocycles. The van der Waals surface area contributed by atoms with Crippen LogP contribution < -0.4 is 4.90 Å². The monoisotopic (exact) mass is 564 g/mol. The molecule has 0 bridgehead atoms. The van der Waals surface area contributed by atoms with Crippen molar-refractivity contribution in [2.75, 3.05) is 4.90 Å². The fourth-order valence-electron chi connectivity index (χ4n) is 5.89. The molecule has 7 heteroatoms. The number of benzene rings is 4. The molecule has 3 aliphatic rings. The van der Waals surface area contributed by atoms with Crippen LogP contribution >= 0.6 is 35.3 Å². The molecule has 4 aromatic carbocycles. The Labute approximate surface area is 240 Å². The molecule has 0 aromatic heterocycles. The van der Waals surface area contributed by atoms with Gasteiger partial charge in [-0.1, -0.05) is 127 Å². The average Bonchev–Trinajstić information content (AvgIpc) is 3.62. The Morgan fingerprint density at radius 2 is 1.49 bits per heavy atom. The zero-order chi connectivity index (χ0) is 26.4. The van der Waals surface area contributed by atoms with E-state index in [0.29, 0.717) is 5.56 Å². The number of carbonyl (C=O) groups excluding carboxylic acids is 2. The lowest BCUT2D eigenvalue weighted by molar-refractivity contribution is -0.115. The Kier molecular flexibility index (Phi) is 6.38. The molecule has 0 amide bonds. The van der Waals surface area contributed by atoms with Crippen LogP contribution in [-0.4, -0.2) is 32.2 Å². The number of rotatable bonds is 5. The van der Waals surface area contributed by atoms with Crippen molar-refractivity contribution in [3.8, 4) is 0 Å². The molecule has 192 valence electrons. The van der Waals surface area contributed by atoms with Gasteiger partial charge in [0.1, 0.15) is 15.8 Å². The fraction of sp³-hybridized carbons (Fsp3) is 0.156. The van der Waals surface area contributed by atoms with Gasteiger partial charge in [0.15, 0.2) is 11.3 Å². The summed E-state index contributed by atoms with van der Waals surface area (Å²) in [6.07, 6.45) is 0. The SMILES string of the molecule is O=C(c1ccccc1)[C@@H]1[C@@H](c2ccccc2)[C@@]2(N=C(SCc3ccccc3)SC2=O)[C@H]2Sc3ccccc3N12. The van der Waals surface area contributed by atoms with Gasteiger partial charge >= 0.3 is 0 Å². The maximum atomic E-state index is 14.4. The maximum absolute atomic E-state index is 14.4. The van der Waals surface area contributed by atoms with Crippen LogP contribution in [0, 0.1) is 0 Å². The van der Waals surface area contributed by atoms with Crippen LogP contribution in [-0.2, 0) is 10.5 Å². The zero-order valence-corrected chi connectivity index (χ0v) is 23.3. The summed E-state index contributed by atoms with van der Waals surface area (Å²) in [5, 5.41) is -0.293. The first-order valence-corrected chi connectivity index (χ1v) is 15.5. The molecule has 39 heavy (non-hydrogen) atoms. The summed E-state index contributed by atoms with van der Waals surface area (Å²) in [5.74, 6) is 0.328. The number of ketones is 1. The standard InChI is InChI=1S/C32H24N2O2S3/c35-28(23-16-8-3-9-17-23)27-26(22-14-6-2-7-15-22)32(29-34(27)24-18-10-11-19-25(24)38-29)30(36)39-31(33-32)37-20-21-12-4-1-5-13-21/h1-19,26-27,29H,20H2/t26-,27+,29-,32-/m1/s1. The fourth-order valence-corrected chi connectivity index (χ4v) is 9.64. The van der Waals surface area contributed by atoms with Crippen molar-refractivity contribution < 1.29 is 9.59 Å². The lowest BCUT2D eigenvalue weighted by Gasteiger charge is -2.30. The van der Waals surface area contributed by atoms with Crippen LogP contribution in [0.1, 0.15) is 27.4 Å². The molecule has 0 radical (unpaired) electrons. The minimum Gasteiger partial charge on any atom is -0.344 e. The summed E-state index contributed by atoms with van der Waals surface area (Å²) < 4.78 is 0.772. The van der Waals surface area contributed by atoms with E-state index in [1.54, 1.807) is 23.5 Å². The second-order valence-corrected chi connectivity index (χ2v) is 13.1. The summed E-state index contributed by atoms with van der Waals surface area (Å²) in [4.78, 5) is 37.3. The quantitative estimate of drug-likeness (QED) is 0.238. The third kappa shape index (κ3) is 4.06. The molecule has 0 saturated carbocycles. The number of thioether (sulfide) groups is 3. The van der Waals surface area contributed by atoms with Crippen LogP contribution in [0.15, 0.2) is 125 Å². The molecular weight excluding hydrogens is 541 g/mol. The summed E-state index contributed by atoms with van der Waals surface area (Å²) in [6.45, 7) is 0. The lowest BCUT2D eigenvalue weighted by atomic mass is 9.77. The predicted molar refractivity (Wildman–Crippen MR) is 163 cm³/mol. The molecule has 1 fully saturated rings. The van der Waals surface area contributed by atoms with E-state index in [1.165, 1.54) is 17.3 Å². The molecule has 0 unspecified atom stereocenters. The van der Waals surface area contributed by atoms with Gasteiger partial charge in [-0.3, -0.25) is 14.6 Å². The van der Waals surface area contributed by atoms with Crippen molar-refractivity contribution in [2.45, 2.75) is 33.5 Å². The Morgan fingerprint density at radius 3 is 2.23 bits per heavy atom. The molecular formula is C32H24N2O2S3. The van der Waals surface area contributed by atoms with Crippen LogP contribution in [0.25, 0.3) is 0 Å². The number of fused-ring (bicyclic) bond motifs is 4. The molecule has 4 nitrogen and oxygen atoms in total. The summed E-state index contributed by atoms with van der Waals surface area (Å²) in [6, 6.07) is 37.3. The Hall–Kier alpha value is -3.26. The molecule has 7 rings (SSSR count). The van der Waals surface area contributed by atoms with Crippen molar-refractivity contribution >= 4 is 56.2 Å². The minimum absolute atomic E-state index is 0.0158. The number of hydrogen-bond acceptors (Lipinski definition) is 7. The number of aliphatic imine (C=N–C) groups is 1. The summed E-state index contributed by atoms with van der Waals surface area (Å²) >= 11 is 4.50. The number of para-hydroxylation sites is 1. The van der Waals surface area contributed by atoms with Gasteiger partial charge < -0.3 is 4.90 Å². The molecule has 1 saturated heterocycles.